The molecule has 0 spiro atoms. The van der Waals surface area contributed by atoms with Gasteiger partial charge in [-0.15, -0.1) is 0 Å². The van der Waals surface area contributed by atoms with Crippen molar-refractivity contribution in [1.29, 1.82) is 0 Å². The lowest BCUT2D eigenvalue weighted by molar-refractivity contribution is -0.133. The standard InChI is InChI=1S/C18H29N3O2/c1-2-23-12-8-17(22)20-10-4-7-16(14-20)18-19-9-11-21(18)13-15-5-3-6-15/h9,11,15-16H,2-8,10,12-14H2,1H3/t16-/m0/s1. The lowest BCUT2D eigenvalue weighted by atomic mass is 9.85. The molecule has 3 rings (SSSR count). The van der Waals surface area contributed by atoms with E-state index in [1.807, 2.05) is 18.0 Å². The van der Waals surface area contributed by atoms with Crippen molar-refractivity contribution in [3.05, 3.63) is 18.2 Å². The monoisotopic (exact) mass is 319 g/mol. The summed E-state index contributed by atoms with van der Waals surface area (Å²) in [6.45, 7) is 5.96. The molecule has 128 valence electrons. The van der Waals surface area contributed by atoms with E-state index in [0.29, 0.717) is 25.6 Å². The van der Waals surface area contributed by atoms with E-state index < -0.39 is 0 Å². The Labute approximate surface area is 139 Å². The third-order valence-electron chi connectivity index (χ3n) is 5.23. The maximum absolute atomic E-state index is 12.3. The zero-order valence-corrected chi connectivity index (χ0v) is 14.2. The van der Waals surface area contributed by atoms with E-state index >= 15 is 0 Å². The van der Waals surface area contributed by atoms with Gasteiger partial charge in [-0.2, -0.15) is 0 Å². The minimum absolute atomic E-state index is 0.222. The van der Waals surface area contributed by atoms with Crippen LogP contribution in [0.4, 0.5) is 0 Å². The minimum Gasteiger partial charge on any atom is -0.381 e. The predicted octanol–water partition coefficient (Wildman–Crippen LogP) is 2.82. The maximum atomic E-state index is 12.3. The zero-order chi connectivity index (χ0) is 16.1. The molecule has 2 aliphatic rings. The third-order valence-corrected chi connectivity index (χ3v) is 5.23. The molecule has 1 aliphatic heterocycles. The normalized spacial score (nSPS) is 22.1. The number of piperidine rings is 1. The molecule has 5 nitrogen and oxygen atoms in total. The molecule has 0 unspecified atom stereocenters. The van der Waals surface area contributed by atoms with Gasteiger partial charge in [0.1, 0.15) is 5.82 Å². The average molecular weight is 319 g/mol. The molecular weight excluding hydrogens is 290 g/mol. The first-order chi connectivity index (χ1) is 11.3. The second-order valence-corrected chi connectivity index (χ2v) is 6.86. The molecule has 1 saturated heterocycles. The third kappa shape index (κ3) is 4.14. The van der Waals surface area contributed by atoms with Gasteiger partial charge in [-0.25, -0.2) is 4.98 Å². The lowest BCUT2D eigenvalue weighted by Gasteiger charge is -2.33. The van der Waals surface area contributed by atoms with Gasteiger partial charge in [0.25, 0.3) is 0 Å². The Balaban J connectivity index is 1.57. The van der Waals surface area contributed by atoms with Gasteiger partial charge in [0.15, 0.2) is 0 Å². The molecule has 0 aromatic carbocycles. The van der Waals surface area contributed by atoms with Crippen LogP contribution in [0.3, 0.4) is 0 Å². The average Bonchev–Trinajstić information content (AvgIpc) is 2.99. The number of imidazole rings is 1. The van der Waals surface area contributed by atoms with Crippen LogP contribution in [0.25, 0.3) is 0 Å². The number of amides is 1. The number of carbonyl (C=O) groups excluding carboxylic acids is 1. The van der Waals surface area contributed by atoms with E-state index in [-0.39, 0.29) is 5.91 Å². The first-order valence-corrected chi connectivity index (χ1v) is 9.14. The molecule has 1 saturated carbocycles. The molecule has 5 heteroatoms. The summed E-state index contributed by atoms with van der Waals surface area (Å²) in [5.74, 6) is 2.62. The highest BCUT2D eigenvalue weighted by molar-refractivity contribution is 5.76. The fraction of sp³-hybridized carbons (Fsp3) is 0.778. The van der Waals surface area contributed by atoms with Crippen molar-refractivity contribution in [2.45, 2.75) is 57.9 Å². The smallest absolute Gasteiger partial charge is 0.224 e. The Morgan fingerprint density at radius 2 is 2.22 bits per heavy atom. The highest BCUT2D eigenvalue weighted by Crippen LogP contribution is 2.31. The number of likely N-dealkylation sites (tertiary alicyclic amines) is 1. The Hall–Kier alpha value is -1.36. The van der Waals surface area contributed by atoms with E-state index in [1.165, 1.54) is 25.1 Å². The summed E-state index contributed by atoms with van der Waals surface area (Å²) in [5.41, 5.74) is 0. The number of carbonyl (C=O) groups is 1. The summed E-state index contributed by atoms with van der Waals surface area (Å²) >= 11 is 0. The van der Waals surface area contributed by atoms with Crippen LogP contribution >= 0.6 is 0 Å². The number of rotatable bonds is 7. The number of ether oxygens (including phenoxy) is 1. The van der Waals surface area contributed by atoms with Crippen molar-refractivity contribution in [3.63, 3.8) is 0 Å². The van der Waals surface area contributed by atoms with Gasteiger partial charge in [-0.3, -0.25) is 4.79 Å². The largest absolute Gasteiger partial charge is 0.381 e. The van der Waals surface area contributed by atoms with E-state index in [1.54, 1.807) is 0 Å². The van der Waals surface area contributed by atoms with Gasteiger partial charge in [-0.1, -0.05) is 6.42 Å². The molecule has 1 aliphatic carbocycles. The van der Waals surface area contributed by atoms with Crippen molar-refractivity contribution < 1.29 is 9.53 Å². The van der Waals surface area contributed by atoms with Gasteiger partial charge in [-0.05, 0) is 38.5 Å². The first-order valence-electron chi connectivity index (χ1n) is 9.14. The van der Waals surface area contributed by atoms with Crippen LogP contribution < -0.4 is 0 Å². The highest BCUT2D eigenvalue weighted by Gasteiger charge is 2.28. The number of hydrogen-bond acceptors (Lipinski definition) is 3. The minimum atomic E-state index is 0.222. The fourth-order valence-electron chi connectivity index (χ4n) is 3.66. The van der Waals surface area contributed by atoms with Crippen molar-refractivity contribution >= 4 is 5.91 Å². The number of aromatic nitrogens is 2. The van der Waals surface area contributed by atoms with E-state index in [2.05, 4.69) is 15.7 Å². The van der Waals surface area contributed by atoms with Crippen LogP contribution in [0.1, 0.15) is 57.2 Å². The summed E-state index contributed by atoms with van der Waals surface area (Å²) in [7, 11) is 0. The molecule has 0 bridgehead atoms. The number of hydrogen-bond donors (Lipinski definition) is 0. The van der Waals surface area contributed by atoms with Crippen molar-refractivity contribution in [3.8, 4) is 0 Å². The number of nitrogens with zero attached hydrogens (tertiary/aromatic N) is 3. The molecule has 0 N–H and O–H groups in total. The van der Waals surface area contributed by atoms with Gasteiger partial charge < -0.3 is 14.2 Å². The summed E-state index contributed by atoms with van der Waals surface area (Å²) in [6.07, 6.45) is 10.8. The molecule has 23 heavy (non-hydrogen) atoms. The topological polar surface area (TPSA) is 47.4 Å². The summed E-state index contributed by atoms with van der Waals surface area (Å²) in [6, 6.07) is 0. The molecular formula is C18H29N3O2. The Morgan fingerprint density at radius 1 is 1.35 bits per heavy atom. The second kappa shape index (κ2) is 7.95. The maximum Gasteiger partial charge on any atom is 0.224 e. The highest BCUT2D eigenvalue weighted by atomic mass is 16.5. The SMILES string of the molecule is CCOCCC(=O)N1CCC[C@H](c2nccn2CC2CCC2)C1. The Bertz CT molecular complexity index is 510. The van der Waals surface area contributed by atoms with Crippen molar-refractivity contribution in [2.24, 2.45) is 5.92 Å². The van der Waals surface area contributed by atoms with Gasteiger partial charge in [0.2, 0.25) is 5.91 Å². The van der Waals surface area contributed by atoms with Gasteiger partial charge in [0.05, 0.1) is 13.0 Å². The summed E-state index contributed by atoms with van der Waals surface area (Å²) < 4.78 is 7.65. The molecule has 1 atom stereocenters. The Kier molecular flexibility index (Phi) is 5.70. The van der Waals surface area contributed by atoms with Gasteiger partial charge in [0, 0.05) is 44.6 Å². The van der Waals surface area contributed by atoms with Crippen LogP contribution in [0, 0.1) is 5.92 Å². The molecule has 2 fully saturated rings. The molecule has 2 heterocycles. The van der Waals surface area contributed by atoms with Gasteiger partial charge >= 0.3 is 0 Å². The van der Waals surface area contributed by atoms with E-state index in [4.69, 9.17) is 4.74 Å². The molecule has 1 aromatic heterocycles. The summed E-state index contributed by atoms with van der Waals surface area (Å²) in [4.78, 5) is 19.0. The molecule has 1 amide bonds. The van der Waals surface area contributed by atoms with E-state index in [0.717, 1.165) is 38.4 Å². The zero-order valence-electron chi connectivity index (χ0n) is 14.2. The quantitative estimate of drug-likeness (QED) is 0.726. The van der Waals surface area contributed by atoms with Crippen molar-refractivity contribution in [1.82, 2.24) is 14.5 Å². The second-order valence-electron chi connectivity index (χ2n) is 6.86. The van der Waals surface area contributed by atoms with Crippen LogP contribution in [0.2, 0.25) is 0 Å². The van der Waals surface area contributed by atoms with E-state index in [9.17, 15) is 4.79 Å². The van der Waals surface area contributed by atoms with Crippen molar-refractivity contribution in [2.75, 3.05) is 26.3 Å². The van der Waals surface area contributed by atoms with Crippen LogP contribution in [0.15, 0.2) is 12.4 Å². The van der Waals surface area contributed by atoms with Crippen LogP contribution in [-0.4, -0.2) is 46.7 Å². The first kappa shape index (κ1) is 16.5. The summed E-state index contributed by atoms with van der Waals surface area (Å²) in [5, 5.41) is 0. The van der Waals surface area contributed by atoms with Crippen LogP contribution in [0.5, 0.6) is 0 Å². The fourth-order valence-corrected chi connectivity index (χ4v) is 3.66. The lowest BCUT2D eigenvalue weighted by Crippen LogP contribution is -2.40. The predicted molar refractivity (Wildman–Crippen MR) is 89.2 cm³/mol. The molecule has 1 aromatic rings. The Morgan fingerprint density at radius 3 is 2.96 bits per heavy atom. The molecule has 0 radical (unpaired) electrons. The van der Waals surface area contributed by atoms with Crippen LogP contribution in [-0.2, 0) is 16.1 Å².